The van der Waals surface area contributed by atoms with E-state index >= 15 is 0 Å². The number of carbonyl (C=O) groups excluding carboxylic acids is 1. The normalized spacial score (nSPS) is 14.5. The molecule has 16 heavy (non-hydrogen) atoms. The Hall–Kier alpha value is -0.610. The molecule has 4 nitrogen and oxygen atoms in total. The molecule has 0 aliphatic carbocycles. The van der Waals surface area contributed by atoms with Crippen molar-refractivity contribution >= 4 is 5.97 Å². The molecule has 2 N–H and O–H groups in total. The van der Waals surface area contributed by atoms with Crippen LogP contribution in [0.4, 0.5) is 0 Å². The number of ether oxygens (including phenoxy) is 1. The molecule has 96 valence electrons. The third kappa shape index (κ3) is 8.68. The van der Waals surface area contributed by atoms with Crippen LogP contribution in [-0.2, 0) is 9.53 Å². The predicted molar refractivity (Wildman–Crippen MR) is 62.0 cm³/mol. The number of esters is 1. The highest BCUT2D eigenvalue weighted by Gasteiger charge is 2.13. The van der Waals surface area contributed by atoms with E-state index in [1.807, 2.05) is 0 Å². The summed E-state index contributed by atoms with van der Waals surface area (Å²) in [6, 6.07) is 0. The summed E-state index contributed by atoms with van der Waals surface area (Å²) in [6.45, 7) is 4.09. The summed E-state index contributed by atoms with van der Waals surface area (Å²) >= 11 is 0. The topological polar surface area (TPSA) is 66.8 Å². The molecule has 0 heterocycles. The highest BCUT2D eigenvalue weighted by Crippen LogP contribution is 2.04. The zero-order valence-corrected chi connectivity index (χ0v) is 10.3. The molecular weight excluding hydrogens is 208 g/mol. The molecule has 0 bridgehead atoms. The fraction of sp³-hybridized carbons (Fsp3) is 0.917. The standard InChI is InChI=1S/C12H24O4/c1-3-4-5-6-9-16-12(15)8-7-11(14)10(2)13/h10-11,13-14H,3-9H2,1-2H3. The maximum Gasteiger partial charge on any atom is 0.305 e. The van der Waals surface area contributed by atoms with Crippen LogP contribution in [0.5, 0.6) is 0 Å². The summed E-state index contributed by atoms with van der Waals surface area (Å²) in [5.74, 6) is -0.295. The van der Waals surface area contributed by atoms with E-state index in [0.29, 0.717) is 6.61 Å². The van der Waals surface area contributed by atoms with Crippen molar-refractivity contribution < 1.29 is 19.7 Å². The van der Waals surface area contributed by atoms with Crippen molar-refractivity contribution in [1.82, 2.24) is 0 Å². The first-order valence-corrected chi connectivity index (χ1v) is 6.09. The van der Waals surface area contributed by atoms with Crippen LogP contribution in [0.1, 0.15) is 52.4 Å². The minimum absolute atomic E-state index is 0.167. The molecule has 0 radical (unpaired) electrons. The molecular formula is C12H24O4. The number of aliphatic hydroxyl groups is 2. The second kappa shape index (κ2) is 9.60. The van der Waals surface area contributed by atoms with E-state index in [4.69, 9.17) is 9.84 Å². The van der Waals surface area contributed by atoms with Crippen molar-refractivity contribution in [3.63, 3.8) is 0 Å². The third-order valence-corrected chi connectivity index (χ3v) is 2.46. The lowest BCUT2D eigenvalue weighted by atomic mass is 10.1. The maximum absolute atomic E-state index is 11.2. The second-order valence-electron chi connectivity index (χ2n) is 4.13. The van der Waals surface area contributed by atoms with Gasteiger partial charge < -0.3 is 14.9 Å². The average molecular weight is 232 g/mol. The molecule has 2 atom stereocenters. The van der Waals surface area contributed by atoms with Crippen molar-refractivity contribution in [2.24, 2.45) is 0 Å². The maximum atomic E-state index is 11.2. The Labute approximate surface area is 97.6 Å². The zero-order valence-electron chi connectivity index (χ0n) is 10.3. The molecule has 2 unspecified atom stereocenters. The number of unbranched alkanes of at least 4 members (excludes halogenated alkanes) is 3. The smallest absolute Gasteiger partial charge is 0.305 e. The van der Waals surface area contributed by atoms with Gasteiger partial charge in [0.2, 0.25) is 0 Å². The lowest BCUT2D eigenvalue weighted by Gasteiger charge is -2.12. The molecule has 0 aromatic carbocycles. The van der Waals surface area contributed by atoms with Crippen molar-refractivity contribution in [3.8, 4) is 0 Å². The highest BCUT2D eigenvalue weighted by atomic mass is 16.5. The lowest BCUT2D eigenvalue weighted by molar-refractivity contribution is -0.144. The van der Waals surface area contributed by atoms with Crippen LogP contribution in [0.15, 0.2) is 0 Å². The van der Waals surface area contributed by atoms with Crippen LogP contribution in [0.3, 0.4) is 0 Å². The van der Waals surface area contributed by atoms with Gasteiger partial charge in [0.15, 0.2) is 0 Å². The first-order chi connectivity index (χ1) is 7.57. The molecule has 0 saturated carbocycles. The Bertz CT molecular complexity index is 180. The van der Waals surface area contributed by atoms with Gasteiger partial charge in [-0.3, -0.25) is 4.79 Å². The van der Waals surface area contributed by atoms with Crippen molar-refractivity contribution in [1.29, 1.82) is 0 Å². The number of hydrogen-bond donors (Lipinski definition) is 2. The van der Waals surface area contributed by atoms with Crippen molar-refractivity contribution in [3.05, 3.63) is 0 Å². The van der Waals surface area contributed by atoms with Gasteiger partial charge in [0.25, 0.3) is 0 Å². The van der Waals surface area contributed by atoms with Crippen LogP contribution in [0.2, 0.25) is 0 Å². The molecule has 0 spiro atoms. The van der Waals surface area contributed by atoms with Crippen LogP contribution >= 0.6 is 0 Å². The van der Waals surface area contributed by atoms with Crippen molar-refractivity contribution in [2.45, 2.75) is 64.6 Å². The Kier molecular flexibility index (Phi) is 9.24. The molecule has 0 saturated heterocycles. The van der Waals surface area contributed by atoms with Gasteiger partial charge in [-0.1, -0.05) is 26.2 Å². The summed E-state index contributed by atoms with van der Waals surface area (Å²) in [5.41, 5.74) is 0. The Morgan fingerprint density at radius 2 is 1.94 bits per heavy atom. The van der Waals surface area contributed by atoms with Gasteiger partial charge in [-0.05, 0) is 19.8 Å². The molecule has 0 aromatic heterocycles. The average Bonchev–Trinajstić information content (AvgIpc) is 2.25. The molecule has 4 heteroatoms. The molecule has 0 amide bonds. The largest absolute Gasteiger partial charge is 0.466 e. The van der Waals surface area contributed by atoms with E-state index in [2.05, 4.69) is 6.92 Å². The van der Waals surface area contributed by atoms with Gasteiger partial charge in [-0.2, -0.15) is 0 Å². The van der Waals surface area contributed by atoms with E-state index in [9.17, 15) is 9.90 Å². The fourth-order valence-electron chi connectivity index (χ4n) is 1.29. The first kappa shape index (κ1) is 15.4. The predicted octanol–water partition coefficient (Wildman–Crippen LogP) is 1.63. The monoisotopic (exact) mass is 232 g/mol. The molecule has 0 aromatic rings. The summed E-state index contributed by atoms with van der Waals surface area (Å²) in [4.78, 5) is 11.2. The van der Waals surface area contributed by atoms with Gasteiger partial charge >= 0.3 is 5.97 Å². The third-order valence-electron chi connectivity index (χ3n) is 2.46. The van der Waals surface area contributed by atoms with Crippen LogP contribution in [-0.4, -0.2) is 35.0 Å². The summed E-state index contributed by atoms with van der Waals surface area (Å²) in [7, 11) is 0. The second-order valence-corrected chi connectivity index (χ2v) is 4.13. The van der Waals surface area contributed by atoms with E-state index in [1.54, 1.807) is 0 Å². The van der Waals surface area contributed by atoms with E-state index in [1.165, 1.54) is 6.92 Å². The zero-order chi connectivity index (χ0) is 12.4. The highest BCUT2D eigenvalue weighted by molar-refractivity contribution is 5.69. The summed E-state index contributed by atoms with van der Waals surface area (Å²) in [6.07, 6.45) is 3.10. The van der Waals surface area contributed by atoms with Gasteiger partial charge in [-0.25, -0.2) is 0 Å². The van der Waals surface area contributed by atoms with Gasteiger partial charge in [0, 0.05) is 6.42 Å². The van der Waals surface area contributed by atoms with Gasteiger partial charge in [-0.15, -0.1) is 0 Å². The molecule has 0 rings (SSSR count). The Morgan fingerprint density at radius 3 is 2.50 bits per heavy atom. The van der Waals surface area contributed by atoms with Crippen LogP contribution in [0, 0.1) is 0 Å². The van der Waals surface area contributed by atoms with Crippen LogP contribution in [0.25, 0.3) is 0 Å². The fourth-order valence-corrected chi connectivity index (χ4v) is 1.29. The van der Waals surface area contributed by atoms with E-state index in [0.717, 1.165) is 25.7 Å². The molecule has 0 aliphatic heterocycles. The number of carbonyl (C=O) groups is 1. The molecule has 0 fully saturated rings. The summed E-state index contributed by atoms with van der Waals surface area (Å²) in [5, 5.41) is 18.3. The SMILES string of the molecule is CCCCCCOC(=O)CCC(O)C(C)O. The van der Waals surface area contributed by atoms with Crippen molar-refractivity contribution in [2.75, 3.05) is 6.61 Å². The van der Waals surface area contributed by atoms with E-state index < -0.39 is 12.2 Å². The summed E-state index contributed by atoms with van der Waals surface area (Å²) < 4.78 is 4.99. The quantitative estimate of drug-likeness (QED) is 0.468. The number of rotatable bonds is 9. The van der Waals surface area contributed by atoms with Gasteiger partial charge in [0.1, 0.15) is 0 Å². The molecule has 0 aliphatic rings. The Balaban J connectivity index is 3.38. The van der Waals surface area contributed by atoms with E-state index in [-0.39, 0.29) is 18.8 Å². The van der Waals surface area contributed by atoms with Gasteiger partial charge in [0.05, 0.1) is 18.8 Å². The number of hydrogen-bond acceptors (Lipinski definition) is 4. The number of aliphatic hydroxyl groups excluding tert-OH is 2. The first-order valence-electron chi connectivity index (χ1n) is 6.09. The van der Waals surface area contributed by atoms with Crippen LogP contribution < -0.4 is 0 Å². The lowest BCUT2D eigenvalue weighted by Crippen LogP contribution is -2.23. The Morgan fingerprint density at radius 1 is 1.25 bits per heavy atom. The minimum atomic E-state index is -0.840. The minimum Gasteiger partial charge on any atom is -0.466 e.